The topological polar surface area (TPSA) is 94.1 Å². The second-order valence-electron chi connectivity index (χ2n) is 3.48. The molecule has 7 heteroatoms. The van der Waals surface area contributed by atoms with Crippen LogP contribution in [0.5, 0.6) is 0 Å². The average molecular weight is 278 g/mol. The zero-order valence-electron chi connectivity index (χ0n) is 11.1. The van der Waals surface area contributed by atoms with Gasteiger partial charge >= 0.3 is 11.9 Å². The minimum Gasteiger partial charge on any atom is -0.464 e. The fraction of sp³-hybridized carbons (Fsp3) is 0.231. The smallest absolute Gasteiger partial charge is 0.366 e. The number of nitrogens with zero attached hydrogens (tertiary/aromatic N) is 1. The van der Waals surface area contributed by atoms with Crippen molar-refractivity contribution in [1.29, 1.82) is 0 Å². The van der Waals surface area contributed by atoms with Gasteiger partial charge in [0.25, 0.3) is 11.6 Å². The van der Waals surface area contributed by atoms with Crippen LogP contribution in [0.2, 0.25) is 0 Å². The van der Waals surface area contributed by atoms with Crippen molar-refractivity contribution < 1.29 is 23.9 Å². The van der Waals surface area contributed by atoms with Gasteiger partial charge in [0, 0.05) is 5.56 Å². The molecule has 0 aromatic heterocycles. The van der Waals surface area contributed by atoms with Crippen molar-refractivity contribution in [1.82, 2.24) is 5.43 Å². The van der Waals surface area contributed by atoms with Gasteiger partial charge in [0.15, 0.2) is 0 Å². The highest BCUT2D eigenvalue weighted by Crippen LogP contribution is 1.98. The highest BCUT2D eigenvalue weighted by atomic mass is 16.5. The molecule has 0 saturated heterocycles. The second-order valence-corrected chi connectivity index (χ2v) is 3.48. The summed E-state index contributed by atoms with van der Waals surface area (Å²) in [7, 11) is 1.09. The predicted molar refractivity (Wildman–Crippen MR) is 70.0 cm³/mol. The molecule has 0 spiro atoms. The lowest BCUT2D eigenvalue weighted by atomic mass is 10.2. The van der Waals surface area contributed by atoms with Gasteiger partial charge in [-0.2, -0.15) is 5.10 Å². The Morgan fingerprint density at radius 1 is 1.15 bits per heavy atom. The molecule has 0 bridgehead atoms. The molecule has 0 aliphatic rings. The van der Waals surface area contributed by atoms with Crippen molar-refractivity contribution >= 4 is 23.6 Å². The summed E-state index contributed by atoms with van der Waals surface area (Å²) >= 11 is 0. The molecule has 0 aliphatic carbocycles. The van der Waals surface area contributed by atoms with Crippen LogP contribution in [0, 0.1) is 0 Å². The van der Waals surface area contributed by atoms with Gasteiger partial charge in [0.1, 0.15) is 0 Å². The van der Waals surface area contributed by atoms with Crippen molar-refractivity contribution in [2.24, 2.45) is 5.10 Å². The van der Waals surface area contributed by atoms with E-state index in [2.05, 4.69) is 20.0 Å². The molecule has 0 radical (unpaired) electrons. The normalized spacial score (nSPS) is 10.6. The van der Waals surface area contributed by atoms with Gasteiger partial charge in [-0.05, 0) is 19.1 Å². The van der Waals surface area contributed by atoms with E-state index in [9.17, 15) is 14.4 Å². The number of hydrazone groups is 1. The lowest BCUT2D eigenvalue weighted by Gasteiger charge is -2.04. The van der Waals surface area contributed by atoms with E-state index in [1.54, 1.807) is 37.3 Å². The van der Waals surface area contributed by atoms with Crippen molar-refractivity contribution in [3.05, 3.63) is 35.9 Å². The third-order valence-corrected chi connectivity index (χ3v) is 2.15. The van der Waals surface area contributed by atoms with E-state index in [1.807, 2.05) is 0 Å². The Hall–Kier alpha value is -2.70. The molecule has 1 aromatic carbocycles. The molecule has 0 atom stereocenters. The predicted octanol–water partition coefficient (Wildman–Crippen LogP) is 0.508. The van der Waals surface area contributed by atoms with Crippen LogP contribution in [0.1, 0.15) is 17.3 Å². The molecule has 20 heavy (non-hydrogen) atoms. The first kappa shape index (κ1) is 15.4. The Balaban J connectivity index is 2.84. The van der Waals surface area contributed by atoms with Crippen LogP contribution in [-0.4, -0.2) is 37.3 Å². The van der Waals surface area contributed by atoms with Crippen molar-refractivity contribution in [3.8, 4) is 0 Å². The van der Waals surface area contributed by atoms with Crippen molar-refractivity contribution in [2.45, 2.75) is 6.92 Å². The van der Waals surface area contributed by atoms with Crippen LogP contribution < -0.4 is 5.43 Å². The van der Waals surface area contributed by atoms with E-state index in [1.165, 1.54) is 0 Å². The molecule has 0 aliphatic heterocycles. The van der Waals surface area contributed by atoms with Crippen LogP contribution in [0.15, 0.2) is 35.4 Å². The Bertz CT molecular complexity index is 525. The summed E-state index contributed by atoms with van der Waals surface area (Å²) in [5.74, 6) is -2.51. The van der Waals surface area contributed by atoms with Crippen LogP contribution in [0.4, 0.5) is 0 Å². The van der Waals surface area contributed by atoms with Gasteiger partial charge in [0.2, 0.25) is 0 Å². The third kappa shape index (κ3) is 4.20. The minimum atomic E-state index is -0.989. The largest absolute Gasteiger partial charge is 0.464 e. The number of ether oxygens (including phenoxy) is 2. The zero-order chi connectivity index (χ0) is 15.0. The van der Waals surface area contributed by atoms with Gasteiger partial charge in [-0.3, -0.25) is 4.79 Å². The molecule has 0 saturated carbocycles. The molecule has 1 N–H and O–H groups in total. The molecule has 106 valence electrons. The number of amides is 1. The SMILES string of the molecule is CCOC(=O)/C(=N\NC(=O)c1ccccc1)C(=O)OC. The number of rotatable bonds is 5. The van der Waals surface area contributed by atoms with Crippen molar-refractivity contribution in [3.63, 3.8) is 0 Å². The maximum Gasteiger partial charge on any atom is 0.366 e. The fourth-order valence-corrected chi connectivity index (χ4v) is 1.23. The number of hydrogen-bond donors (Lipinski definition) is 1. The number of methoxy groups -OCH3 is 1. The molecule has 0 fully saturated rings. The number of hydrogen-bond acceptors (Lipinski definition) is 6. The first-order valence-electron chi connectivity index (χ1n) is 5.78. The van der Waals surface area contributed by atoms with Crippen LogP contribution in [-0.2, 0) is 19.1 Å². The van der Waals surface area contributed by atoms with Gasteiger partial charge in [-0.1, -0.05) is 18.2 Å². The quantitative estimate of drug-likeness (QED) is 0.366. The van der Waals surface area contributed by atoms with E-state index in [0.717, 1.165) is 7.11 Å². The number of carbonyl (C=O) groups excluding carboxylic acids is 3. The monoisotopic (exact) mass is 278 g/mol. The Labute approximate surface area is 115 Å². The lowest BCUT2D eigenvalue weighted by molar-refractivity contribution is -0.139. The maximum absolute atomic E-state index is 11.7. The summed E-state index contributed by atoms with van der Waals surface area (Å²) in [5, 5.41) is 3.46. The Morgan fingerprint density at radius 3 is 2.35 bits per heavy atom. The number of carbonyl (C=O) groups is 3. The average Bonchev–Trinajstić information content (AvgIpc) is 2.48. The molecule has 1 amide bonds. The molecular formula is C13H14N2O5. The Morgan fingerprint density at radius 2 is 1.80 bits per heavy atom. The van der Waals surface area contributed by atoms with Crippen LogP contribution in [0.3, 0.4) is 0 Å². The van der Waals surface area contributed by atoms with Gasteiger partial charge in [-0.25, -0.2) is 15.0 Å². The van der Waals surface area contributed by atoms with E-state index in [4.69, 9.17) is 0 Å². The second kappa shape index (κ2) is 7.67. The molecule has 1 rings (SSSR count). The first-order valence-corrected chi connectivity index (χ1v) is 5.78. The summed E-state index contributed by atoms with van der Waals surface area (Å²) in [6, 6.07) is 8.22. The molecule has 0 unspecified atom stereocenters. The summed E-state index contributed by atoms with van der Waals surface area (Å²) in [5.41, 5.74) is 1.81. The minimum absolute atomic E-state index is 0.0709. The lowest BCUT2D eigenvalue weighted by Crippen LogP contribution is -2.31. The summed E-state index contributed by atoms with van der Waals surface area (Å²) in [6.45, 7) is 1.65. The zero-order valence-corrected chi connectivity index (χ0v) is 11.1. The van der Waals surface area contributed by atoms with E-state index in [-0.39, 0.29) is 6.61 Å². The number of benzene rings is 1. The number of nitrogens with one attached hydrogen (secondary N) is 1. The van der Waals surface area contributed by atoms with Gasteiger partial charge in [0.05, 0.1) is 13.7 Å². The fourth-order valence-electron chi connectivity index (χ4n) is 1.23. The molecule has 7 nitrogen and oxygen atoms in total. The van der Waals surface area contributed by atoms with E-state index >= 15 is 0 Å². The van der Waals surface area contributed by atoms with Gasteiger partial charge < -0.3 is 9.47 Å². The maximum atomic E-state index is 11.7. The summed E-state index contributed by atoms with van der Waals surface area (Å²) < 4.78 is 9.04. The van der Waals surface area contributed by atoms with E-state index < -0.39 is 23.6 Å². The third-order valence-electron chi connectivity index (χ3n) is 2.15. The van der Waals surface area contributed by atoms with Crippen molar-refractivity contribution in [2.75, 3.05) is 13.7 Å². The Kier molecular flexibility index (Phi) is 5.89. The highest BCUT2D eigenvalue weighted by Gasteiger charge is 2.23. The van der Waals surface area contributed by atoms with Crippen LogP contribution >= 0.6 is 0 Å². The molecule has 0 heterocycles. The number of esters is 2. The molecule has 1 aromatic rings. The summed E-state index contributed by atoms with van der Waals surface area (Å²) in [4.78, 5) is 34.6. The standard InChI is InChI=1S/C13H14N2O5/c1-3-20-13(18)10(12(17)19-2)14-15-11(16)9-7-5-4-6-8-9/h4-8H,3H2,1-2H3,(H,15,16)/b14-10-. The molecular weight excluding hydrogens is 264 g/mol. The summed E-state index contributed by atoms with van der Waals surface area (Å²) in [6.07, 6.45) is 0. The first-order chi connectivity index (χ1) is 9.60. The van der Waals surface area contributed by atoms with Crippen LogP contribution in [0.25, 0.3) is 0 Å². The highest BCUT2D eigenvalue weighted by molar-refractivity contribution is 6.62. The van der Waals surface area contributed by atoms with Gasteiger partial charge in [-0.15, -0.1) is 0 Å². The van der Waals surface area contributed by atoms with E-state index in [0.29, 0.717) is 5.56 Å².